The first-order valence-corrected chi connectivity index (χ1v) is 6.51. The maximum absolute atomic E-state index is 11.6. The molecule has 1 atom stereocenters. The van der Waals surface area contributed by atoms with E-state index >= 15 is 0 Å². The van der Waals surface area contributed by atoms with E-state index in [-0.39, 0.29) is 24.7 Å². The molecule has 104 valence electrons. The minimum Gasteiger partial charge on any atom is -0.481 e. The fourth-order valence-electron chi connectivity index (χ4n) is 1.97. The lowest BCUT2D eigenvalue weighted by atomic mass is 10.0. The predicted octanol–water partition coefficient (Wildman–Crippen LogP) is 2.15. The number of hydrogen-bond acceptors (Lipinski definition) is 2. The van der Waals surface area contributed by atoms with Crippen molar-refractivity contribution in [1.82, 2.24) is 5.32 Å². The van der Waals surface area contributed by atoms with Crippen molar-refractivity contribution in [1.29, 1.82) is 0 Å². The first-order chi connectivity index (χ1) is 8.97. The predicted molar refractivity (Wildman–Crippen MR) is 73.9 cm³/mol. The fraction of sp³-hybridized carbons (Fsp3) is 0.467. The molecule has 0 saturated carbocycles. The summed E-state index contributed by atoms with van der Waals surface area (Å²) >= 11 is 0. The molecule has 1 aromatic rings. The zero-order valence-electron chi connectivity index (χ0n) is 11.5. The number of carboxylic acids is 1. The average molecular weight is 263 g/mol. The van der Waals surface area contributed by atoms with Crippen LogP contribution in [0.3, 0.4) is 0 Å². The fourth-order valence-corrected chi connectivity index (χ4v) is 1.97. The maximum Gasteiger partial charge on any atom is 0.303 e. The Morgan fingerprint density at radius 3 is 2.68 bits per heavy atom. The van der Waals surface area contributed by atoms with Gasteiger partial charge in [-0.1, -0.05) is 36.8 Å². The minimum atomic E-state index is -0.861. The van der Waals surface area contributed by atoms with Crippen molar-refractivity contribution in [2.24, 2.45) is 5.92 Å². The third kappa shape index (κ3) is 6.60. The standard InChI is InChI=1S/C15H21NO3/c1-11-4-3-5-13(8-11)6-7-16-14(17)9-12(2)10-15(18)19/h3-5,8,12H,6-7,9-10H2,1-2H3,(H,16,17)(H,18,19). The van der Waals surface area contributed by atoms with Gasteiger partial charge in [-0.2, -0.15) is 0 Å². The second-order valence-corrected chi connectivity index (χ2v) is 5.00. The molecule has 0 aliphatic heterocycles. The number of carboxylic acid groups (broad SMARTS) is 1. The Morgan fingerprint density at radius 2 is 2.05 bits per heavy atom. The van der Waals surface area contributed by atoms with E-state index in [1.807, 2.05) is 25.1 Å². The number of carbonyl (C=O) groups is 2. The van der Waals surface area contributed by atoms with Gasteiger partial charge in [0.05, 0.1) is 0 Å². The molecule has 1 amide bonds. The van der Waals surface area contributed by atoms with Gasteiger partial charge in [-0.3, -0.25) is 9.59 Å². The molecule has 0 fully saturated rings. The van der Waals surface area contributed by atoms with Crippen LogP contribution in [0.1, 0.15) is 30.9 Å². The van der Waals surface area contributed by atoms with Gasteiger partial charge in [-0.25, -0.2) is 0 Å². The van der Waals surface area contributed by atoms with Crippen LogP contribution in [0, 0.1) is 12.8 Å². The summed E-state index contributed by atoms with van der Waals surface area (Å²) in [6, 6.07) is 8.17. The van der Waals surface area contributed by atoms with Gasteiger partial charge in [-0.05, 0) is 24.8 Å². The van der Waals surface area contributed by atoms with Crippen LogP contribution in [0.25, 0.3) is 0 Å². The number of aryl methyl sites for hydroxylation is 1. The van der Waals surface area contributed by atoms with E-state index in [1.165, 1.54) is 11.1 Å². The Kier molecular flexibility index (Phi) is 6.06. The molecule has 1 rings (SSSR count). The van der Waals surface area contributed by atoms with E-state index < -0.39 is 5.97 Å². The first-order valence-electron chi connectivity index (χ1n) is 6.51. The van der Waals surface area contributed by atoms with E-state index in [2.05, 4.69) is 11.4 Å². The summed E-state index contributed by atoms with van der Waals surface area (Å²) in [6.45, 7) is 4.39. The van der Waals surface area contributed by atoms with Crippen molar-refractivity contribution in [2.75, 3.05) is 6.54 Å². The lowest BCUT2D eigenvalue weighted by Gasteiger charge is -2.09. The largest absolute Gasteiger partial charge is 0.481 e. The van der Waals surface area contributed by atoms with E-state index in [1.54, 1.807) is 6.92 Å². The summed E-state index contributed by atoms with van der Waals surface area (Å²) in [5.74, 6) is -1.07. The summed E-state index contributed by atoms with van der Waals surface area (Å²) < 4.78 is 0. The summed E-state index contributed by atoms with van der Waals surface area (Å²) in [6.07, 6.45) is 1.09. The molecule has 4 heteroatoms. The van der Waals surface area contributed by atoms with Crippen molar-refractivity contribution >= 4 is 11.9 Å². The minimum absolute atomic E-state index is 0.0330. The number of hydrogen-bond donors (Lipinski definition) is 2. The number of nitrogens with one attached hydrogen (secondary N) is 1. The van der Waals surface area contributed by atoms with Crippen LogP contribution in [-0.4, -0.2) is 23.5 Å². The van der Waals surface area contributed by atoms with Crippen molar-refractivity contribution in [3.05, 3.63) is 35.4 Å². The van der Waals surface area contributed by atoms with Crippen molar-refractivity contribution < 1.29 is 14.7 Å². The highest BCUT2D eigenvalue weighted by Gasteiger charge is 2.12. The molecule has 0 heterocycles. The summed E-state index contributed by atoms with van der Waals surface area (Å²) in [7, 11) is 0. The molecule has 0 aliphatic carbocycles. The van der Waals surface area contributed by atoms with Crippen molar-refractivity contribution in [2.45, 2.75) is 33.1 Å². The quantitative estimate of drug-likeness (QED) is 0.792. The number of rotatable bonds is 7. The molecule has 4 nitrogen and oxygen atoms in total. The van der Waals surface area contributed by atoms with E-state index in [0.29, 0.717) is 6.54 Å². The highest BCUT2D eigenvalue weighted by Crippen LogP contribution is 2.07. The van der Waals surface area contributed by atoms with Crippen LogP contribution in [0.5, 0.6) is 0 Å². The van der Waals surface area contributed by atoms with Gasteiger partial charge in [0, 0.05) is 19.4 Å². The third-order valence-electron chi connectivity index (χ3n) is 2.88. The molecule has 0 saturated heterocycles. The lowest BCUT2D eigenvalue weighted by molar-refractivity contribution is -0.138. The molecule has 1 unspecified atom stereocenters. The molecule has 19 heavy (non-hydrogen) atoms. The Hall–Kier alpha value is -1.84. The third-order valence-corrected chi connectivity index (χ3v) is 2.88. The highest BCUT2D eigenvalue weighted by molar-refractivity contribution is 5.77. The number of amides is 1. The Balaban J connectivity index is 2.25. The van der Waals surface area contributed by atoms with Crippen LogP contribution in [0.4, 0.5) is 0 Å². The van der Waals surface area contributed by atoms with Gasteiger partial charge in [0.2, 0.25) is 5.91 Å². The van der Waals surface area contributed by atoms with Crippen LogP contribution < -0.4 is 5.32 Å². The van der Waals surface area contributed by atoms with Crippen molar-refractivity contribution in [3.63, 3.8) is 0 Å². The Bertz CT molecular complexity index is 443. The van der Waals surface area contributed by atoms with Gasteiger partial charge in [-0.15, -0.1) is 0 Å². The van der Waals surface area contributed by atoms with Gasteiger partial charge >= 0.3 is 5.97 Å². The molecular formula is C15H21NO3. The van der Waals surface area contributed by atoms with E-state index in [0.717, 1.165) is 6.42 Å². The van der Waals surface area contributed by atoms with Crippen LogP contribution in [0.2, 0.25) is 0 Å². The molecule has 0 radical (unpaired) electrons. The lowest BCUT2D eigenvalue weighted by Crippen LogP contribution is -2.27. The van der Waals surface area contributed by atoms with Gasteiger partial charge in [0.25, 0.3) is 0 Å². The number of benzene rings is 1. The second kappa shape index (κ2) is 7.56. The maximum atomic E-state index is 11.6. The molecule has 2 N–H and O–H groups in total. The second-order valence-electron chi connectivity index (χ2n) is 5.00. The normalized spacial score (nSPS) is 11.9. The zero-order valence-corrected chi connectivity index (χ0v) is 11.5. The number of aliphatic carboxylic acids is 1. The summed E-state index contributed by atoms with van der Waals surface area (Å²) in [5.41, 5.74) is 2.40. The highest BCUT2D eigenvalue weighted by atomic mass is 16.4. The molecule has 1 aromatic carbocycles. The van der Waals surface area contributed by atoms with E-state index in [4.69, 9.17) is 5.11 Å². The van der Waals surface area contributed by atoms with Gasteiger partial charge in [0.15, 0.2) is 0 Å². The SMILES string of the molecule is Cc1cccc(CCNC(=O)CC(C)CC(=O)O)c1. The van der Waals surface area contributed by atoms with Gasteiger partial charge in [0.1, 0.15) is 0 Å². The molecule has 0 spiro atoms. The van der Waals surface area contributed by atoms with Crippen LogP contribution in [-0.2, 0) is 16.0 Å². The van der Waals surface area contributed by atoms with E-state index in [9.17, 15) is 9.59 Å². The zero-order chi connectivity index (χ0) is 14.3. The molecule has 0 aliphatic rings. The van der Waals surface area contributed by atoms with Crippen molar-refractivity contribution in [3.8, 4) is 0 Å². The van der Waals surface area contributed by atoms with Crippen LogP contribution >= 0.6 is 0 Å². The smallest absolute Gasteiger partial charge is 0.303 e. The molecule has 0 aromatic heterocycles. The van der Waals surface area contributed by atoms with Gasteiger partial charge < -0.3 is 10.4 Å². The Morgan fingerprint density at radius 1 is 1.32 bits per heavy atom. The average Bonchev–Trinajstić information content (AvgIpc) is 2.27. The monoisotopic (exact) mass is 263 g/mol. The summed E-state index contributed by atoms with van der Waals surface area (Å²) in [4.78, 5) is 22.1. The first kappa shape index (κ1) is 15.2. The topological polar surface area (TPSA) is 66.4 Å². The summed E-state index contributed by atoms with van der Waals surface area (Å²) in [5, 5.41) is 11.4. The molecule has 0 bridgehead atoms. The number of carbonyl (C=O) groups excluding carboxylic acids is 1. The Labute approximate surface area is 113 Å². The van der Waals surface area contributed by atoms with Crippen LogP contribution in [0.15, 0.2) is 24.3 Å². The molecular weight excluding hydrogens is 242 g/mol.